The summed E-state index contributed by atoms with van der Waals surface area (Å²) in [5.41, 5.74) is 2.91. The van der Waals surface area contributed by atoms with Gasteiger partial charge in [0.15, 0.2) is 0 Å². The number of halogens is 1. The van der Waals surface area contributed by atoms with Crippen LogP contribution in [0.25, 0.3) is 17.4 Å². The molecule has 1 N–H and O–H groups in total. The maximum absolute atomic E-state index is 11.9. The Bertz CT molecular complexity index is 861. The minimum Gasteiger partial charge on any atom is -0.457 e. The summed E-state index contributed by atoms with van der Waals surface area (Å²) in [6.07, 6.45) is 3.12. The molecule has 3 rings (SSSR count). The molecule has 0 unspecified atom stereocenters. The van der Waals surface area contributed by atoms with Gasteiger partial charge in [0.05, 0.1) is 0 Å². The highest BCUT2D eigenvalue weighted by Gasteiger charge is 2.04. The molecule has 0 aliphatic heterocycles. The average Bonchev–Trinajstić information content (AvgIpc) is 3.05. The highest BCUT2D eigenvalue weighted by Crippen LogP contribution is 2.24. The van der Waals surface area contributed by atoms with Crippen LogP contribution in [0.15, 0.2) is 75.6 Å². The van der Waals surface area contributed by atoms with Crippen molar-refractivity contribution in [3.05, 3.63) is 82.5 Å². The van der Waals surface area contributed by atoms with E-state index < -0.39 is 0 Å². The van der Waals surface area contributed by atoms with Crippen LogP contribution in [0.3, 0.4) is 0 Å². The van der Waals surface area contributed by atoms with Crippen LogP contribution in [-0.4, -0.2) is 5.91 Å². The van der Waals surface area contributed by atoms with Gasteiger partial charge in [0, 0.05) is 21.8 Å². The number of carbonyl (C=O) groups excluding carboxylic acids is 1. The molecule has 0 bridgehead atoms. The highest BCUT2D eigenvalue weighted by atomic mass is 79.9. The van der Waals surface area contributed by atoms with Gasteiger partial charge >= 0.3 is 0 Å². The minimum atomic E-state index is -0.194. The largest absolute Gasteiger partial charge is 0.457 e. The normalized spacial score (nSPS) is 10.9. The Balaban J connectivity index is 1.65. The van der Waals surface area contributed by atoms with E-state index in [1.54, 1.807) is 6.08 Å². The second kappa shape index (κ2) is 7.32. The Hall–Kier alpha value is -2.59. The van der Waals surface area contributed by atoms with Crippen molar-refractivity contribution in [3.63, 3.8) is 0 Å². The molecule has 0 saturated heterocycles. The SMILES string of the molecule is Cc1ccc(NC(=O)/C=C/c2ccc(-c3ccc(Br)cc3)o2)cc1. The molecule has 0 saturated carbocycles. The number of carbonyl (C=O) groups is 1. The molecule has 3 aromatic rings. The smallest absolute Gasteiger partial charge is 0.248 e. The number of benzene rings is 2. The molecule has 0 aliphatic carbocycles. The van der Waals surface area contributed by atoms with Gasteiger partial charge in [-0.3, -0.25) is 4.79 Å². The van der Waals surface area contributed by atoms with Gasteiger partial charge in [0.25, 0.3) is 0 Å². The Morgan fingerprint density at radius 2 is 1.71 bits per heavy atom. The molecule has 0 atom stereocenters. The molecule has 1 amide bonds. The van der Waals surface area contributed by atoms with E-state index in [4.69, 9.17) is 4.42 Å². The number of furan rings is 1. The zero-order valence-electron chi connectivity index (χ0n) is 13.1. The van der Waals surface area contributed by atoms with Crippen molar-refractivity contribution < 1.29 is 9.21 Å². The summed E-state index contributed by atoms with van der Waals surface area (Å²) >= 11 is 3.41. The molecule has 0 fully saturated rings. The summed E-state index contributed by atoms with van der Waals surface area (Å²) < 4.78 is 6.76. The molecule has 4 heteroatoms. The number of anilines is 1. The Morgan fingerprint density at radius 1 is 1.00 bits per heavy atom. The maximum atomic E-state index is 11.9. The third-order valence-corrected chi connectivity index (χ3v) is 4.00. The van der Waals surface area contributed by atoms with E-state index in [2.05, 4.69) is 21.2 Å². The van der Waals surface area contributed by atoms with Crippen LogP contribution in [-0.2, 0) is 4.79 Å². The number of hydrogen-bond acceptors (Lipinski definition) is 2. The quantitative estimate of drug-likeness (QED) is 0.591. The molecule has 1 aromatic heterocycles. The van der Waals surface area contributed by atoms with Gasteiger partial charge in [-0.1, -0.05) is 45.8 Å². The van der Waals surface area contributed by atoms with Crippen LogP contribution in [0, 0.1) is 6.92 Å². The third kappa shape index (κ3) is 4.24. The fourth-order valence-electron chi connectivity index (χ4n) is 2.19. The van der Waals surface area contributed by atoms with Crippen LogP contribution < -0.4 is 5.32 Å². The van der Waals surface area contributed by atoms with E-state index in [0.29, 0.717) is 5.76 Å². The minimum absolute atomic E-state index is 0.194. The fourth-order valence-corrected chi connectivity index (χ4v) is 2.45. The molecule has 0 radical (unpaired) electrons. The third-order valence-electron chi connectivity index (χ3n) is 3.47. The topological polar surface area (TPSA) is 42.2 Å². The van der Waals surface area contributed by atoms with Crippen molar-refractivity contribution in [2.75, 3.05) is 5.32 Å². The van der Waals surface area contributed by atoms with Crippen molar-refractivity contribution in [3.8, 4) is 11.3 Å². The molecule has 3 nitrogen and oxygen atoms in total. The van der Waals surface area contributed by atoms with Crippen molar-refractivity contribution in [2.24, 2.45) is 0 Å². The van der Waals surface area contributed by atoms with Crippen LogP contribution in [0.5, 0.6) is 0 Å². The number of amides is 1. The first-order valence-corrected chi connectivity index (χ1v) is 8.31. The predicted molar refractivity (Wildman–Crippen MR) is 101 cm³/mol. The van der Waals surface area contributed by atoms with E-state index in [0.717, 1.165) is 27.0 Å². The van der Waals surface area contributed by atoms with E-state index >= 15 is 0 Å². The summed E-state index contributed by atoms with van der Waals surface area (Å²) in [6, 6.07) is 19.3. The first-order valence-electron chi connectivity index (χ1n) is 7.52. The van der Waals surface area contributed by atoms with E-state index in [1.807, 2.05) is 67.6 Å². The van der Waals surface area contributed by atoms with E-state index in [1.165, 1.54) is 6.08 Å². The number of nitrogens with one attached hydrogen (secondary N) is 1. The summed E-state index contributed by atoms with van der Waals surface area (Å²) in [6.45, 7) is 2.01. The first-order chi connectivity index (χ1) is 11.6. The summed E-state index contributed by atoms with van der Waals surface area (Å²) in [4.78, 5) is 11.9. The van der Waals surface area contributed by atoms with Gasteiger partial charge in [0.1, 0.15) is 11.5 Å². The molecule has 120 valence electrons. The van der Waals surface area contributed by atoms with Crippen LogP contribution >= 0.6 is 15.9 Å². The van der Waals surface area contributed by atoms with Gasteiger partial charge < -0.3 is 9.73 Å². The summed E-state index contributed by atoms with van der Waals surface area (Å²) in [5.74, 6) is 1.20. The molecule has 1 heterocycles. The van der Waals surface area contributed by atoms with Gasteiger partial charge in [-0.25, -0.2) is 0 Å². The van der Waals surface area contributed by atoms with Gasteiger partial charge in [-0.05, 0) is 49.4 Å². The number of aryl methyl sites for hydroxylation is 1. The van der Waals surface area contributed by atoms with Crippen LogP contribution in [0.1, 0.15) is 11.3 Å². The Kier molecular flexibility index (Phi) is 4.96. The molecule has 24 heavy (non-hydrogen) atoms. The maximum Gasteiger partial charge on any atom is 0.248 e. The lowest BCUT2D eigenvalue weighted by Gasteiger charge is -2.01. The first kappa shape index (κ1) is 16.3. The average molecular weight is 382 g/mol. The van der Waals surface area contributed by atoms with Crippen molar-refractivity contribution in [1.82, 2.24) is 0 Å². The van der Waals surface area contributed by atoms with Crippen molar-refractivity contribution in [1.29, 1.82) is 0 Å². The number of hydrogen-bond donors (Lipinski definition) is 1. The van der Waals surface area contributed by atoms with Gasteiger partial charge in [-0.2, -0.15) is 0 Å². The molecular formula is C20H16BrNO2. The van der Waals surface area contributed by atoms with Crippen LogP contribution in [0.2, 0.25) is 0 Å². The lowest BCUT2D eigenvalue weighted by atomic mass is 10.2. The molecule has 0 spiro atoms. The van der Waals surface area contributed by atoms with Gasteiger partial charge in [-0.15, -0.1) is 0 Å². The van der Waals surface area contributed by atoms with Gasteiger partial charge in [0.2, 0.25) is 5.91 Å². The summed E-state index contributed by atoms with van der Waals surface area (Å²) in [5, 5.41) is 2.81. The molecule has 2 aromatic carbocycles. The Morgan fingerprint density at radius 3 is 2.42 bits per heavy atom. The zero-order valence-corrected chi connectivity index (χ0v) is 14.7. The monoisotopic (exact) mass is 381 g/mol. The van der Waals surface area contributed by atoms with E-state index in [-0.39, 0.29) is 5.91 Å². The zero-order chi connectivity index (χ0) is 16.9. The standard InChI is InChI=1S/C20H16BrNO2/c1-14-2-8-17(9-3-14)22-20(23)13-11-18-10-12-19(24-18)15-4-6-16(21)7-5-15/h2-13H,1H3,(H,22,23)/b13-11+. The lowest BCUT2D eigenvalue weighted by Crippen LogP contribution is -2.07. The lowest BCUT2D eigenvalue weighted by molar-refractivity contribution is -0.111. The second-order valence-corrected chi connectivity index (χ2v) is 6.31. The highest BCUT2D eigenvalue weighted by molar-refractivity contribution is 9.10. The molecule has 0 aliphatic rings. The Labute approximate surface area is 149 Å². The van der Waals surface area contributed by atoms with Crippen molar-refractivity contribution in [2.45, 2.75) is 6.92 Å². The predicted octanol–water partition coefficient (Wildman–Crippen LogP) is 5.67. The van der Waals surface area contributed by atoms with E-state index in [9.17, 15) is 4.79 Å². The molecular weight excluding hydrogens is 366 g/mol. The van der Waals surface area contributed by atoms with Crippen molar-refractivity contribution >= 4 is 33.6 Å². The summed E-state index contributed by atoms with van der Waals surface area (Å²) in [7, 11) is 0. The second-order valence-electron chi connectivity index (χ2n) is 5.40. The fraction of sp³-hybridized carbons (Fsp3) is 0.0500. The van der Waals surface area contributed by atoms with Crippen LogP contribution in [0.4, 0.5) is 5.69 Å². The number of rotatable bonds is 4.